The van der Waals surface area contributed by atoms with Gasteiger partial charge in [0, 0.05) is 16.4 Å². The predicted molar refractivity (Wildman–Crippen MR) is 73.9 cm³/mol. The topological polar surface area (TPSA) is 34.9 Å². The lowest BCUT2D eigenvalue weighted by atomic mass is 9.81. The van der Waals surface area contributed by atoms with Gasteiger partial charge in [-0.25, -0.2) is 4.98 Å². The number of nitrogens with zero attached hydrogens (tertiary/aromatic N) is 2. The summed E-state index contributed by atoms with van der Waals surface area (Å²) in [7, 11) is 0. The highest BCUT2D eigenvalue weighted by Crippen LogP contribution is 2.43. The molecule has 0 saturated heterocycles. The van der Waals surface area contributed by atoms with Gasteiger partial charge in [0.2, 0.25) is 0 Å². The molecule has 0 spiro atoms. The minimum Gasteiger partial charge on any atom is -0.293 e. The van der Waals surface area contributed by atoms with Crippen molar-refractivity contribution in [2.75, 3.05) is 0 Å². The van der Waals surface area contributed by atoms with Crippen LogP contribution in [0.4, 0.5) is 0 Å². The van der Waals surface area contributed by atoms with Gasteiger partial charge in [-0.2, -0.15) is 0 Å². The van der Waals surface area contributed by atoms with Crippen LogP contribution in [0.25, 0.3) is 10.9 Å². The van der Waals surface area contributed by atoms with E-state index in [4.69, 9.17) is 4.98 Å². The molecule has 0 radical (unpaired) electrons. The average Bonchev–Trinajstić information content (AvgIpc) is 2.39. The molecule has 1 aromatic carbocycles. The van der Waals surface area contributed by atoms with Gasteiger partial charge in [-0.1, -0.05) is 15.9 Å². The fourth-order valence-corrected chi connectivity index (χ4v) is 3.77. The van der Waals surface area contributed by atoms with Gasteiger partial charge >= 0.3 is 0 Å². The summed E-state index contributed by atoms with van der Waals surface area (Å²) in [5.74, 6) is 1.51. The normalized spacial score (nSPS) is 25.4. The molecule has 0 atom stereocenters. The molecule has 5 rings (SSSR count). The van der Waals surface area contributed by atoms with Gasteiger partial charge in [0.15, 0.2) is 0 Å². The fraction of sp³-hybridized carbons (Fsp3) is 0.429. The first-order valence-corrected chi connectivity index (χ1v) is 7.25. The summed E-state index contributed by atoms with van der Waals surface area (Å²) < 4.78 is 2.95. The van der Waals surface area contributed by atoms with Crippen LogP contribution < -0.4 is 5.56 Å². The van der Waals surface area contributed by atoms with E-state index in [1.54, 1.807) is 0 Å². The van der Waals surface area contributed by atoms with Crippen molar-refractivity contribution >= 4 is 26.8 Å². The number of halogens is 1. The second-order valence-electron chi connectivity index (χ2n) is 5.31. The quantitative estimate of drug-likeness (QED) is 0.748. The maximum Gasteiger partial charge on any atom is 0.261 e. The van der Waals surface area contributed by atoms with Crippen LogP contribution in [0.3, 0.4) is 0 Å². The summed E-state index contributed by atoms with van der Waals surface area (Å²) in [6, 6.07) is 6.13. The molecular weight excluding hydrogens is 292 g/mol. The number of hydrogen-bond donors (Lipinski definition) is 0. The summed E-state index contributed by atoms with van der Waals surface area (Å²) in [4.78, 5) is 17.3. The molecule has 92 valence electrons. The van der Waals surface area contributed by atoms with Crippen LogP contribution in [0.15, 0.2) is 27.5 Å². The third-order valence-corrected chi connectivity index (χ3v) is 4.81. The van der Waals surface area contributed by atoms with E-state index in [1.807, 2.05) is 22.8 Å². The highest BCUT2D eigenvalue weighted by Gasteiger charge is 2.35. The second-order valence-corrected chi connectivity index (χ2v) is 6.23. The molecule has 3 nitrogen and oxygen atoms in total. The summed E-state index contributed by atoms with van der Waals surface area (Å²) in [5.41, 5.74) is 0.977. The molecule has 3 aliphatic rings. The van der Waals surface area contributed by atoms with Gasteiger partial charge in [0.1, 0.15) is 5.82 Å². The molecule has 0 N–H and O–H groups in total. The summed E-state index contributed by atoms with van der Waals surface area (Å²) in [6.07, 6.45) is 4.66. The largest absolute Gasteiger partial charge is 0.293 e. The van der Waals surface area contributed by atoms with E-state index in [1.165, 1.54) is 12.8 Å². The standard InChI is InChI=1S/C14H13BrN2O/c15-9-3-6-11-12(7-9)16-13-8-1-4-10(5-2-8)17(13)14(11)18/h3,6-8,10H,1-2,4-5H2. The number of hydrogen-bond acceptors (Lipinski definition) is 2. The van der Waals surface area contributed by atoms with E-state index in [0.29, 0.717) is 12.0 Å². The van der Waals surface area contributed by atoms with Crippen LogP contribution in [0.1, 0.15) is 43.5 Å². The Balaban J connectivity index is 2.11. The van der Waals surface area contributed by atoms with Crippen LogP contribution in [-0.4, -0.2) is 9.55 Å². The van der Waals surface area contributed by atoms with E-state index in [2.05, 4.69) is 15.9 Å². The van der Waals surface area contributed by atoms with Gasteiger partial charge in [0.05, 0.1) is 10.9 Å². The Labute approximate surface area is 113 Å². The fourth-order valence-electron chi connectivity index (χ4n) is 3.42. The van der Waals surface area contributed by atoms with Gasteiger partial charge in [0.25, 0.3) is 5.56 Å². The smallest absolute Gasteiger partial charge is 0.261 e. The summed E-state index contributed by atoms with van der Waals surface area (Å²) in [5, 5.41) is 0.745. The minimum absolute atomic E-state index is 0.150. The van der Waals surface area contributed by atoms with E-state index >= 15 is 0 Å². The van der Waals surface area contributed by atoms with Crippen molar-refractivity contribution in [1.29, 1.82) is 0 Å². The first-order valence-electron chi connectivity index (χ1n) is 6.46. The molecule has 1 fully saturated rings. The Morgan fingerprint density at radius 3 is 2.78 bits per heavy atom. The van der Waals surface area contributed by atoms with Crippen LogP contribution in [-0.2, 0) is 0 Å². The third kappa shape index (κ3) is 1.35. The molecule has 0 unspecified atom stereocenters. The minimum atomic E-state index is 0.150. The Hall–Kier alpha value is -1.16. The average molecular weight is 305 g/mol. The van der Waals surface area contributed by atoms with Crippen LogP contribution in [0.5, 0.6) is 0 Å². The number of fused-ring (bicyclic) bond motifs is 3. The maximum absolute atomic E-state index is 12.6. The van der Waals surface area contributed by atoms with Crippen molar-refractivity contribution in [1.82, 2.24) is 9.55 Å². The summed E-state index contributed by atoms with van der Waals surface area (Å²) in [6.45, 7) is 0. The van der Waals surface area contributed by atoms with Gasteiger partial charge in [-0.3, -0.25) is 9.36 Å². The van der Waals surface area contributed by atoms with Gasteiger partial charge in [-0.05, 0) is 43.9 Å². The summed E-state index contributed by atoms with van der Waals surface area (Å²) >= 11 is 3.45. The van der Waals surface area contributed by atoms with E-state index < -0.39 is 0 Å². The Kier molecular flexibility index (Phi) is 2.19. The van der Waals surface area contributed by atoms with E-state index in [0.717, 1.165) is 34.0 Å². The zero-order valence-electron chi connectivity index (χ0n) is 9.90. The zero-order chi connectivity index (χ0) is 12.3. The first kappa shape index (κ1) is 10.7. The number of aromatic nitrogens is 2. The lowest BCUT2D eigenvalue weighted by molar-refractivity contribution is 0.244. The molecule has 3 heterocycles. The van der Waals surface area contributed by atoms with Crippen molar-refractivity contribution in [2.24, 2.45) is 0 Å². The molecule has 2 bridgehead atoms. The van der Waals surface area contributed by atoms with Crippen LogP contribution in [0.2, 0.25) is 0 Å². The second kappa shape index (κ2) is 3.67. The first-order chi connectivity index (χ1) is 8.74. The van der Waals surface area contributed by atoms with Gasteiger partial charge in [-0.15, -0.1) is 0 Å². The monoisotopic (exact) mass is 304 g/mol. The van der Waals surface area contributed by atoms with Crippen LogP contribution >= 0.6 is 15.9 Å². The molecule has 4 heteroatoms. The Morgan fingerprint density at radius 1 is 1.22 bits per heavy atom. The van der Waals surface area contributed by atoms with Crippen molar-refractivity contribution in [3.63, 3.8) is 0 Å². The van der Waals surface area contributed by atoms with E-state index in [-0.39, 0.29) is 5.56 Å². The van der Waals surface area contributed by atoms with Crippen molar-refractivity contribution in [2.45, 2.75) is 37.6 Å². The zero-order valence-corrected chi connectivity index (χ0v) is 11.5. The molecule has 18 heavy (non-hydrogen) atoms. The van der Waals surface area contributed by atoms with E-state index in [9.17, 15) is 4.79 Å². The predicted octanol–water partition coefficient (Wildman–Crippen LogP) is 3.37. The van der Waals surface area contributed by atoms with Crippen molar-refractivity contribution in [3.8, 4) is 0 Å². The molecule has 2 aromatic rings. The molecular formula is C14H13BrN2O. The SMILES string of the molecule is O=c1c2ccc(Br)cc2nc2n1C1CCC2CC1. The Bertz CT molecular complexity index is 699. The maximum atomic E-state index is 12.6. The van der Waals surface area contributed by atoms with Crippen molar-refractivity contribution < 1.29 is 0 Å². The molecule has 1 aromatic heterocycles. The number of rotatable bonds is 0. The Morgan fingerprint density at radius 2 is 2.00 bits per heavy atom. The van der Waals surface area contributed by atoms with Gasteiger partial charge < -0.3 is 0 Å². The molecule has 1 saturated carbocycles. The van der Waals surface area contributed by atoms with Crippen LogP contribution in [0, 0.1) is 0 Å². The van der Waals surface area contributed by atoms with Crippen molar-refractivity contribution in [3.05, 3.63) is 38.9 Å². The number of benzene rings is 1. The third-order valence-electron chi connectivity index (χ3n) is 4.32. The molecule has 1 aliphatic carbocycles. The lowest BCUT2D eigenvalue weighted by Crippen LogP contribution is -2.37. The highest BCUT2D eigenvalue weighted by molar-refractivity contribution is 9.10. The lowest BCUT2D eigenvalue weighted by Gasteiger charge is -2.38. The molecule has 0 amide bonds. The highest BCUT2D eigenvalue weighted by atomic mass is 79.9. The molecule has 2 aliphatic heterocycles.